The van der Waals surface area contributed by atoms with Crippen molar-refractivity contribution >= 4 is 0 Å². The molecular formula is C18H32O4. The average molecular weight is 312 g/mol. The van der Waals surface area contributed by atoms with Crippen LogP contribution in [0.1, 0.15) is 40.5 Å². The molecule has 2 saturated heterocycles. The summed E-state index contributed by atoms with van der Waals surface area (Å²) < 4.78 is 11.2. The first-order valence-electron chi connectivity index (χ1n) is 8.33. The molecule has 22 heavy (non-hydrogen) atoms. The Kier molecular flexibility index (Phi) is 8.95. The van der Waals surface area contributed by atoms with Crippen LogP contribution in [0.3, 0.4) is 0 Å². The van der Waals surface area contributed by atoms with Crippen LogP contribution >= 0.6 is 0 Å². The SMILES string of the molecule is CC1CC(/C=C/CO)OC1C.CC1C[C@H](/C=C/CO)OC1C. The van der Waals surface area contributed by atoms with E-state index in [2.05, 4.69) is 27.7 Å². The molecular weight excluding hydrogens is 280 g/mol. The number of hydrogen-bond acceptors (Lipinski definition) is 4. The van der Waals surface area contributed by atoms with Crippen molar-refractivity contribution in [3.8, 4) is 0 Å². The molecule has 2 aliphatic heterocycles. The van der Waals surface area contributed by atoms with Crippen LogP contribution < -0.4 is 0 Å². The zero-order valence-corrected chi connectivity index (χ0v) is 14.3. The van der Waals surface area contributed by atoms with Gasteiger partial charge in [-0.1, -0.05) is 38.2 Å². The normalized spacial score (nSPS) is 38.6. The maximum atomic E-state index is 8.52. The van der Waals surface area contributed by atoms with Crippen molar-refractivity contribution in [1.82, 2.24) is 0 Å². The molecule has 2 rings (SSSR count). The standard InChI is InChI=1S/2C9H16O2/c2*1-7-6-9(4-3-5-10)11-8(7)2/h2*3-4,7-10H,5-6H2,1-2H3/b2*4-3+/t7?,8?,9-;/m0./s1. The number of aliphatic hydroxyl groups excluding tert-OH is 2. The lowest BCUT2D eigenvalue weighted by molar-refractivity contribution is 0.0720. The van der Waals surface area contributed by atoms with Crippen molar-refractivity contribution in [2.75, 3.05) is 13.2 Å². The van der Waals surface area contributed by atoms with Gasteiger partial charge in [0.15, 0.2) is 0 Å². The maximum Gasteiger partial charge on any atom is 0.0763 e. The van der Waals surface area contributed by atoms with Crippen molar-refractivity contribution in [3.05, 3.63) is 24.3 Å². The fourth-order valence-electron chi connectivity index (χ4n) is 2.72. The number of rotatable bonds is 4. The molecule has 0 aliphatic carbocycles. The third-order valence-corrected chi connectivity index (χ3v) is 4.50. The minimum Gasteiger partial charge on any atom is -0.392 e. The lowest BCUT2D eigenvalue weighted by atomic mass is 10.0. The summed E-state index contributed by atoms with van der Waals surface area (Å²) in [5.41, 5.74) is 0. The summed E-state index contributed by atoms with van der Waals surface area (Å²) in [5.74, 6) is 1.28. The van der Waals surface area contributed by atoms with Gasteiger partial charge in [0.1, 0.15) is 0 Å². The summed E-state index contributed by atoms with van der Waals surface area (Å²) in [6.07, 6.45) is 10.7. The van der Waals surface area contributed by atoms with Crippen molar-refractivity contribution < 1.29 is 19.7 Å². The largest absolute Gasteiger partial charge is 0.392 e. The van der Waals surface area contributed by atoms with E-state index in [1.807, 2.05) is 12.2 Å². The Morgan fingerprint density at radius 3 is 1.36 bits per heavy atom. The smallest absolute Gasteiger partial charge is 0.0763 e. The molecule has 2 N–H and O–H groups in total. The van der Waals surface area contributed by atoms with E-state index in [0.717, 1.165) is 12.8 Å². The van der Waals surface area contributed by atoms with Gasteiger partial charge in [0.05, 0.1) is 37.6 Å². The molecule has 0 bridgehead atoms. The van der Waals surface area contributed by atoms with Gasteiger partial charge in [-0.05, 0) is 38.5 Å². The minimum absolute atomic E-state index is 0.114. The molecule has 2 aliphatic rings. The van der Waals surface area contributed by atoms with Crippen molar-refractivity contribution in [2.24, 2.45) is 11.8 Å². The molecule has 0 amide bonds. The van der Waals surface area contributed by atoms with Crippen molar-refractivity contribution in [3.63, 3.8) is 0 Å². The number of hydrogen-bond donors (Lipinski definition) is 2. The zero-order chi connectivity index (χ0) is 16.5. The molecule has 0 saturated carbocycles. The molecule has 0 aromatic carbocycles. The second-order valence-corrected chi connectivity index (χ2v) is 6.41. The lowest BCUT2D eigenvalue weighted by Gasteiger charge is -2.06. The van der Waals surface area contributed by atoms with Gasteiger partial charge in [0.2, 0.25) is 0 Å². The molecule has 2 heterocycles. The van der Waals surface area contributed by atoms with Crippen LogP contribution in [-0.4, -0.2) is 47.8 Å². The first kappa shape index (κ1) is 19.4. The molecule has 0 spiro atoms. The number of ether oxygens (including phenoxy) is 2. The fraction of sp³-hybridized carbons (Fsp3) is 0.778. The zero-order valence-electron chi connectivity index (χ0n) is 14.3. The predicted molar refractivity (Wildman–Crippen MR) is 88.7 cm³/mol. The molecule has 6 atom stereocenters. The van der Waals surface area contributed by atoms with Crippen LogP contribution in [0.4, 0.5) is 0 Å². The Labute approximate surface area is 134 Å². The second-order valence-electron chi connectivity index (χ2n) is 6.41. The van der Waals surface area contributed by atoms with Crippen molar-refractivity contribution in [2.45, 2.75) is 65.0 Å². The van der Waals surface area contributed by atoms with Crippen LogP contribution in [0.2, 0.25) is 0 Å². The summed E-state index contributed by atoms with van der Waals surface area (Å²) in [7, 11) is 0. The first-order valence-corrected chi connectivity index (χ1v) is 8.33. The molecule has 0 radical (unpaired) electrons. The second kappa shape index (κ2) is 10.2. The minimum atomic E-state index is 0.114. The molecule has 0 aromatic rings. The quantitative estimate of drug-likeness (QED) is 0.784. The van der Waals surface area contributed by atoms with Gasteiger partial charge in [-0.3, -0.25) is 0 Å². The van der Waals surface area contributed by atoms with E-state index in [-0.39, 0.29) is 25.4 Å². The monoisotopic (exact) mass is 312 g/mol. The van der Waals surface area contributed by atoms with Gasteiger partial charge >= 0.3 is 0 Å². The van der Waals surface area contributed by atoms with E-state index < -0.39 is 0 Å². The summed E-state index contributed by atoms with van der Waals surface area (Å²) in [5, 5.41) is 17.0. The predicted octanol–water partition coefficient (Wildman–Crippen LogP) is 2.70. The molecule has 4 nitrogen and oxygen atoms in total. The Morgan fingerprint density at radius 1 is 0.773 bits per heavy atom. The van der Waals surface area contributed by atoms with Crippen molar-refractivity contribution in [1.29, 1.82) is 0 Å². The van der Waals surface area contributed by atoms with Crippen LogP contribution in [0.15, 0.2) is 24.3 Å². The molecule has 128 valence electrons. The number of aliphatic hydroxyl groups is 2. The van der Waals surface area contributed by atoms with Crippen LogP contribution in [0, 0.1) is 11.8 Å². The summed E-state index contributed by atoms with van der Waals surface area (Å²) in [6, 6.07) is 0. The lowest BCUT2D eigenvalue weighted by Crippen LogP contribution is -2.07. The molecule has 2 fully saturated rings. The first-order chi connectivity index (χ1) is 10.5. The Bertz CT molecular complexity index is 299. The highest BCUT2D eigenvalue weighted by Gasteiger charge is 2.27. The third kappa shape index (κ3) is 6.61. The van der Waals surface area contributed by atoms with Gasteiger partial charge in [0, 0.05) is 0 Å². The maximum absolute atomic E-state index is 8.52. The van der Waals surface area contributed by atoms with Crippen LogP contribution in [0.5, 0.6) is 0 Å². The summed E-state index contributed by atoms with van der Waals surface area (Å²) in [4.78, 5) is 0. The Balaban J connectivity index is 0.000000220. The third-order valence-electron chi connectivity index (χ3n) is 4.50. The highest BCUT2D eigenvalue weighted by atomic mass is 16.5. The van der Waals surface area contributed by atoms with Gasteiger partial charge in [-0.2, -0.15) is 0 Å². The highest BCUT2D eigenvalue weighted by molar-refractivity contribution is 4.95. The van der Waals surface area contributed by atoms with Gasteiger partial charge < -0.3 is 19.7 Å². The summed E-state index contributed by atoms with van der Waals surface area (Å²) >= 11 is 0. The van der Waals surface area contributed by atoms with Crippen LogP contribution in [-0.2, 0) is 9.47 Å². The molecule has 5 unspecified atom stereocenters. The van der Waals surface area contributed by atoms with E-state index in [9.17, 15) is 0 Å². The summed E-state index contributed by atoms with van der Waals surface area (Å²) in [6.45, 7) is 8.80. The Hall–Kier alpha value is -0.680. The topological polar surface area (TPSA) is 58.9 Å². The molecule has 4 heteroatoms. The molecule has 0 aromatic heterocycles. The van der Waals surface area contributed by atoms with Gasteiger partial charge in [-0.25, -0.2) is 0 Å². The van der Waals surface area contributed by atoms with Gasteiger partial charge in [-0.15, -0.1) is 0 Å². The Morgan fingerprint density at radius 2 is 1.14 bits per heavy atom. The van der Waals surface area contributed by atoms with Crippen LogP contribution in [0.25, 0.3) is 0 Å². The fourth-order valence-corrected chi connectivity index (χ4v) is 2.72. The van der Waals surface area contributed by atoms with Gasteiger partial charge in [0.25, 0.3) is 0 Å². The van der Waals surface area contributed by atoms with E-state index in [4.69, 9.17) is 19.7 Å². The van der Waals surface area contributed by atoms with E-state index in [0.29, 0.717) is 24.0 Å². The average Bonchev–Trinajstić information content (AvgIpc) is 2.98. The highest BCUT2D eigenvalue weighted by Crippen LogP contribution is 2.26. The van der Waals surface area contributed by atoms with E-state index in [1.165, 1.54) is 0 Å². The van der Waals surface area contributed by atoms with E-state index in [1.54, 1.807) is 12.2 Å². The van der Waals surface area contributed by atoms with E-state index >= 15 is 0 Å².